The summed E-state index contributed by atoms with van der Waals surface area (Å²) in [5, 5.41) is 9.46. The second-order valence-electron chi connectivity index (χ2n) is 10.0. The molecule has 2 fully saturated rings. The maximum absolute atomic E-state index is 12.9. The van der Waals surface area contributed by atoms with Crippen LogP contribution in [0.4, 0.5) is 5.69 Å². The summed E-state index contributed by atoms with van der Waals surface area (Å²) in [5.74, 6) is 0.288. The quantitative estimate of drug-likeness (QED) is 0.590. The van der Waals surface area contributed by atoms with Crippen molar-refractivity contribution in [2.75, 3.05) is 44.7 Å². The molecule has 2 aliphatic heterocycles. The van der Waals surface area contributed by atoms with Crippen LogP contribution in [-0.4, -0.2) is 76.7 Å². The van der Waals surface area contributed by atoms with Crippen molar-refractivity contribution >= 4 is 22.6 Å². The molecule has 0 bridgehead atoms. The molecule has 35 heavy (non-hydrogen) atoms. The van der Waals surface area contributed by atoms with Gasteiger partial charge in [0.15, 0.2) is 0 Å². The maximum atomic E-state index is 12.9. The molecule has 0 aliphatic carbocycles. The van der Waals surface area contributed by atoms with Crippen molar-refractivity contribution in [3.63, 3.8) is 0 Å². The zero-order valence-corrected chi connectivity index (χ0v) is 20.5. The van der Waals surface area contributed by atoms with Crippen molar-refractivity contribution in [1.82, 2.24) is 19.8 Å². The van der Waals surface area contributed by atoms with Crippen molar-refractivity contribution in [2.24, 2.45) is 5.92 Å². The van der Waals surface area contributed by atoms with Gasteiger partial charge in [-0.2, -0.15) is 0 Å². The van der Waals surface area contributed by atoms with E-state index in [1.165, 1.54) is 11.3 Å². The van der Waals surface area contributed by atoms with E-state index in [0.29, 0.717) is 12.6 Å². The molecule has 3 heterocycles. The summed E-state index contributed by atoms with van der Waals surface area (Å²) in [5.41, 5.74) is 5.07. The molecule has 3 aromatic rings. The van der Waals surface area contributed by atoms with Gasteiger partial charge < -0.3 is 14.9 Å². The van der Waals surface area contributed by atoms with Crippen LogP contribution in [0.1, 0.15) is 41.6 Å². The van der Waals surface area contributed by atoms with Crippen LogP contribution < -0.4 is 4.90 Å². The molecule has 2 saturated heterocycles. The largest absolute Gasteiger partial charge is 0.396 e. The average molecular weight is 474 g/mol. The summed E-state index contributed by atoms with van der Waals surface area (Å²) >= 11 is 0. The van der Waals surface area contributed by atoms with Crippen molar-refractivity contribution in [3.8, 4) is 0 Å². The predicted molar refractivity (Wildman–Crippen MR) is 138 cm³/mol. The highest BCUT2D eigenvalue weighted by Gasteiger charge is 2.25. The highest BCUT2D eigenvalue weighted by Crippen LogP contribution is 2.25. The number of rotatable bonds is 6. The van der Waals surface area contributed by atoms with Gasteiger partial charge in [0.1, 0.15) is 0 Å². The summed E-state index contributed by atoms with van der Waals surface area (Å²) in [4.78, 5) is 28.5. The smallest absolute Gasteiger partial charge is 0.253 e. The number of carbonyl (C=O) groups excluding carboxylic acids is 1. The van der Waals surface area contributed by atoms with Crippen LogP contribution in [0.15, 0.2) is 54.9 Å². The number of aromatic nitrogens is 2. The fourth-order valence-electron chi connectivity index (χ4n) is 5.49. The molecule has 0 saturated carbocycles. The molecule has 2 aromatic carbocycles. The molecule has 2 aliphatic rings. The van der Waals surface area contributed by atoms with Crippen LogP contribution in [0.2, 0.25) is 0 Å². The van der Waals surface area contributed by atoms with E-state index in [2.05, 4.69) is 57.1 Å². The normalized spacial score (nSPS) is 19.5. The standard InChI is InChI=1S/C28H35N5O2/c1-31(18-21-4-9-26-27(17-21)30-13-12-29-26)24-10-15-32(16-11-24)25-7-5-23(6-8-25)28(35)33-14-2-3-22(19-33)20-34/h4-9,12-13,17,22,24,34H,2-3,10-11,14-16,18-20H2,1H3/t22-/m0/s1. The van der Waals surface area contributed by atoms with Crippen LogP contribution in [0, 0.1) is 5.92 Å². The van der Waals surface area contributed by atoms with E-state index >= 15 is 0 Å². The molecule has 1 N–H and O–H groups in total. The Balaban J connectivity index is 1.14. The third-order valence-corrected chi connectivity index (χ3v) is 7.60. The zero-order valence-electron chi connectivity index (χ0n) is 20.5. The molecule has 7 nitrogen and oxygen atoms in total. The summed E-state index contributed by atoms with van der Waals surface area (Å²) in [6.45, 7) is 4.52. The van der Waals surface area contributed by atoms with Crippen LogP contribution in [0.5, 0.6) is 0 Å². The maximum Gasteiger partial charge on any atom is 0.253 e. The Labute approximate surface area is 207 Å². The zero-order chi connectivity index (χ0) is 24.2. The lowest BCUT2D eigenvalue weighted by molar-refractivity contribution is 0.0620. The fourth-order valence-corrected chi connectivity index (χ4v) is 5.49. The number of amides is 1. The van der Waals surface area contributed by atoms with Gasteiger partial charge in [0.2, 0.25) is 0 Å². The molecule has 1 atom stereocenters. The molecular weight excluding hydrogens is 438 g/mol. The molecule has 0 spiro atoms. The molecule has 1 amide bonds. The number of likely N-dealkylation sites (tertiary alicyclic amines) is 1. The lowest BCUT2D eigenvalue weighted by Crippen LogP contribution is -2.43. The van der Waals surface area contributed by atoms with Crippen molar-refractivity contribution in [3.05, 3.63) is 66.0 Å². The van der Waals surface area contributed by atoms with Gasteiger partial charge in [0.05, 0.1) is 11.0 Å². The van der Waals surface area contributed by atoms with Crippen molar-refractivity contribution in [1.29, 1.82) is 0 Å². The molecule has 7 heteroatoms. The average Bonchev–Trinajstić information content (AvgIpc) is 2.93. The summed E-state index contributed by atoms with van der Waals surface area (Å²) in [7, 11) is 2.21. The van der Waals surface area contributed by atoms with Gasteiger partial charge in [-0.3, -0.25) is 19.7 Å². The van der Waals surface area contributed by atoms with Gasteiger partial charge in [0, 0.05) is 69.0 Å². The molecular formula is C28H35N5O2. The van der Waals surface area contributed by atoms with Crippen LogP contribution in [0.3, 0.4) is 0 Å². The SMILES string of the molecule is CN(Cc1ccc2nccnc2c1)C1CCN(c2ccc(C(=O)N3CCC[C@H](CO)C3)cc2)CC1. The van der Waals surface area contributed by atoms with Gasteiger partial charge in [0.25, 0.3) is 5.91 Å². The highest BCUT2D eigenvalue weighted by molar-refractivity contribution is 5.94. The monoisotopic (exact) mass is 473 g/mol. The van der Waals surface area contributed by atoms with Gasteiger partial charge in [-0.25, -0.2) is 0 Å². The van der Waals surface area contributed by atoms with E-state index < -0.39 is 0 Å². The Morgan fingerprint density at radius 3 is 2.49 bits per heavy atom. The topological polar surface area (TPSA) is 72.8 Å². The fraction of sp³-hybridized carbons (Fsp3) is 0.464. The summed E-state index contributed by atoms with van der Waals surface area (Å²) < 4.78 is 0. The van der Waals surface area contributed by atoms with E-state index in [1.807, 2.05) is 17.0 Å². The second kappa shape index (κ2) is 10.7. The van der Waals surface area contributed by atoms with E-state index in [1.54, 1.807) is 12.4 Å². The first-order chi connectivity index (χ1) is 17.1. The van der Waals surface area contributed by atoms with Gasteiger partial charge in [-0.1, -0.05) is 6.07 Å². The molecule has 0 unspecified atom stereocenters. The Morgan fingerprint density at radius 2 is 1.74 bits per heavy atom. The Morgan fingerprint density at radius 1 is 1.00 bits per heavy atom. The molecule has 0 radical (unpaired) electrons. The molecule has 5 rings (SSSR count). The number of piperidine rings is 2. The number of hydrogen-bond donors (Lipinski definition) is 1. The van der Waals surface area contributed by atoms with Crippen LogP contribution >= 0.6 is 0 Å². The number of benzene rings is 2. The third kappa shape index (κ3) is 5.46. The number of fused-ring (bicyclic) bond motifs is 1. The van der Waals surface area contributed by atoms with Crippen molar-refractivity contribution in [2.45, 2.75) is 38.3 Å². The summed E-state index contributed by atoms with van der Waals surface area (Å²) in [6, 6.07) is 15.0. The number of aliphatic hydroxyl groups is 1. The molecule has 1 aromatic heterocycles. The number of anilines is 1. The number of aliphatic hydroxyl groups excluding tert-OH is 1. The summed E-state index contributed by atoms with van der Waals surface area (Å²) in [6.07, 6.45) is 7.67. The second-order valence-corrected chi connectivity index (χ2v) is 10.0. The Bertz CT molecular complexity index is 1140. The van der Waals surface area contributed by atoms with Gasteiger partial charge in [-0.05, 0) is 80.6 Å². The van der Waals surface area contributed by atoms with Crippen LogP contribution in [0.25, 0.3) is 11.0 Å². The van der Waals surface area contributed by atoms with E-state index in [0.717, 1.165) is 68.5 Å². The highest BCUT2D eigenvalue weighted by atomic mass is 16.3. The minimum Gasteiger partial charge on any atom is -0.396 e. The van der Waals surface area contributed by atoms with E-state index in [9.17, 15) is 9.90 Å². The number of hydrogen-bond acceptors (Lipinski definition) is 6. The first-order valence-corrected chi connectivity index (χ1v) is 12.8. The molecule has 184 valence electrons. The number of carbonyl (C=O) groups is 1. The van der Waals surface area contributed by atoms with E-state index in [-0.39, 0.29) is 18.4 Å². The minimum absolute atomic E-state index is 0.0784. The van der Waals surface area contributed by atoms with Crippen LogP contribution in [-0.2, 0) is 6.54 Å². The first kappa shape index (κ1) is 23.7. The lowest BCUT2D eigenvalue weighted by Gasteiger charge is -2.38. The van der Waals surface area contributed by atoms with Gasteiger partial charge in [-0.15, -0.1) is 0 Å². The van der Waals surface area contributed by atoms with E-state index in [4.69, 9.17) is 0 Å². The third-order valence-electron chi connectivity index (χ3n) is 7.60. The first-order valence-electron chi connectivity index (χ1n) is 12.8. The Hall–Kier alpha value is -3.03. The lowest BCUT2D eigenvalue weighted by atomic mass is 9.98. The predicted octanol–water partition coefficient (Wildman–Crippen LogP) is 3.58. The Kier molecular flexibility index (Phi) is 7.25. The minimum atomic E-state index is 0.0784. The number of nitrogens with zero attached hydrogens (tertiary/aromatic N) is 5. The van der Waals surface area contributed by atoms with Crippen molar-refractivity contribution < 1.29 is 9.90 Å². The van der Waals surface area contributed by atoms with Gasteiger partial charge >= 0.3 is 0 Å².